The second-order valence-corrected chi connectivity index (χ2v) is 4.88. The first kappa shape index (κ1) is 9.21. The van der Waals surface area contributed by atoms with Crippen molar-refractivity contribution >= 4 is 0 Å². The molecule has 0 aliphatic heterocycles. The first-order valence-electron chi connectivity index (χ1n) is 6.19. The number of rotatable bonds is 2. The highest BCUT2D eigenvalue weighted by Crippen LogP contribution is 2.53. The molecule has 3 rings (SSSR count). The summed E-state index contributed by atoms with van der Waals surface area (Å²) in [5, 5.41) is 0. The summed E-state index contributed by atoms with van der Waals surface area (Å²) in [6.45, 7) is 0. The van der Waals surface area contributed by atoms with E-state index >= 15 is 0 Å². The van der Waals surface area contributed by atoms with Crippen LogP contribution in [0.25, 0.3) is 0 Å². The van der Waals surface area contributed by atoms with Crippen LogP contribution in [0.5, 0.6) is 0 Å². The molecule has 1 saturated carbocycles. The Kier molecular flexibility index (Phi) is 2.36. The maximum Gasteiger partial charge on any atom is -0.00902 e. The van der Waals surface area contributed by atoms with E-state index in [-0.39, 0.29) is 0 Å². The molecule has 0 unspecified atom stereocenters. The number of benzene rings is 1. The van der Waals surface area contributed by atoms with E-state index in [1.54, 1.807) is 11.1 Å². The zero-order valence-corrected chi connectivity index (χ0v) is 9.15. The molecule has 0 N–H and O–H groups in total. The Hall–Kier alpha value is -1.04. The third-order valence-electron chi connectivity index (χ3n) is 3.82. The van der Waals surface area contributed by atoms with E-state index in [0.29, 0.717) is 0 Å². The molecule has 0 saturated heterocycles. The van der Waals surface area contributed by atoms with Crippen LogP contribution in [-0.4, -0.2) is 0 Å². The summed E-state index contributed by atoms with van der Waals surface area (Å²) in [6, 6.07) is 11.0. The van der Waals surface area contributed by atoms with Crippen LogP contribution in [0.15, 0.2) is 42.0 Å². The molecule has 78 valence electrons. The normalized spacial score (nSPS) is 29.7. The van der Waals surface area contributed by atoms with Gasteiger partial charge >= 0.3 is 0 Å². The Morgan fingerprint density at radius 2 is 1.80 bits per heavy atom. The molecular weight excluding hydrogens is 180 g/mol. The highest BCUT2D eigenvalue weighted by atomic mass is 14.4. The van der Waals surface area contributed by atoms with Gasteiger partial charge in [-0.25, -0.2) is 0 Å². The average Bonchev–Trinajstić information content (AvgIpc) is 3.11. The molecular formula is C15H18. The van der Waals surface area contributed by atoms with E-state index in [0.717, 1.165) is 11.8 Å². The van der Waals surface area contributed by atoms with E-state index in [1.165, 1.54) is 32.1 Å². The van der Waals surface area contributed by atoms with Crippen LogP contribution in [0.3, 0.4) is 0 Å². The van der Waals surface area contributed by atoms with Crippen LogP contribution >= 0.6 is 0 Å². The quantitative estimate of drug-likeness (QED) is 0.622. The fourth-order valence-corrected chi connectivity index (χ4v) is 2.87. The molecule has 0 amide bonds. The predicted octanol–water partition coefficient (Wildman–Crippen LogP) is 4.29. The van der Waals surface area contributed by atoms with Crippen molar-refractivity contribution in [3.63, 3.8) is 0 Å². The average molecular weight is 198 g/mol. The minimum Gasteiger partial charge on any atom is -0.0850 e. The van der Waals surface area contributed by atoms with Crippen LogP contribution in [0, 0.1) is 5.92 Å². The second kappa shape index (κ2) is 3.84. The lowest BCUT2D eigenvalue weighted by Gasteiger charge is -2.12. The molecule has 2 aliphatic rings. The topological polar surface area (TPSA) is 0 Å². The van der Waals surface area contributed by atoms with Crippen LogP contribution < -0.4 is 0 Å². The lowest BCUT2D eigenvalue weighted by Crippen LogP contribution is -1.95. The fraction of sp³-hybridized carbons (Fsp3) is 0.467. The van der Waals surface area contributed by atoms with Crippen molar-refractivity contribution in [2.24, 2.45) is 5.92 Å². The fourth-order valence-electron chi connectivity index (χ4n) is 2.87. The molecule has 2 atom stereocenters. The maximum atomic E-state index is 2.51. The first-order valence-corrected chi connectivity index (χ1v) is 6.19. The van der Waals surface area contributed by atoms with Gasteiger partial charge in [-0.1, -0.05) is 42.0 Å². The largest absolute Gasteiger partial charge is 0.0850 e. The van der Waals surface area contributed by atoms with Gasteiger partial charge < -0.3 is 0 Å². The molecule has 0 radical (unpaired) electrons. The van der Waals surface area contributed by atoms with Gasteiger partial charge in [0.2, 0.25) is 0 Å². The highest BCUT2D eigenvalue weighted by molar-refractivity contribution is 5.32. The van der Waals surface area contributed by atoms with Crippen molar-refractivity contribution in [2.75, 3.05) is 0 Å². The van der Waals surface area contributed by atoms with Gasteiger partial charge in [-0.15, -0.1) is 0 Å². The molecule has 0 heterocycles. The summed E-state index contributed by atoms with van der Waals surface area (Å²) in [7, 11) is 0. The third-order valence-corrected chi connectivity index (χ3v) is 3.82. The third kappa shape index (κ3) is 1.86. The van der Waals surface area contributed by atoms with Crippen LogP contribution in [0.2, 0.25) is 0 Å². The SMILES string of the molecule is C1=C([C@H]2C[C@@H]2c2ccccc2)CCCC1. The minimum atomic E-state index is 0.843. The Morgan fingerprint density at radius 1 is 0.933 bits per heavy atom. The highest BCUT2D eigenvalue weighted by Gasteiger charge is 2.40. The van der Waals surface area contributed by atoms with E-state index in [4.69, 9.17) is 0 Å². The summed E-state index contributed by atoms with van der Waals surface area (Å²) >= 11 is 0. The lowest BCUT2D eigenvalue weighted by atomic mass is 9.94. The van der Waals surface area contributed by atoms with Crippen molar-refractivity contribution in [3.05, 3.63) is 47.5 Å². The van der Waals surface area contributed by atoms with Gasteiger partial charge in [0.1, 0.15) is 0 Å². The van der Waals surface area contributed by atoms with Crippen LogP contribution in [0.4, 0.5) is 0 Å². The molecule has 0 aromatic heterocycles. The molecule has 1 fully saturated rings. The van der Waals surface area contributed by atoms with Gasteiger partial charge in [-0.3, -0.25) is 0 Å². The van der Waals surface area contributed by atoms with E-state index in [2.05, 4.69) is 36.4 Å². The zero-order chi connectivity index (χ0) is 10.1. The summed E-state index contributed by atoms with van der Waals surface area (Å²) in [5.41, 5.74) is 3.31. The standard InChI is InChI=1S/C15H18/c1-3-7-12(8-4-1)14-11-15(14)13-9-5-2-6-10-13/h1,3-4,7-9,14-15H,2,5-6,10-11H2/t14-,15-/m1/s1. The smallest absolute Gasteiger partial charge is 0.00902 e. The van der Waals surface area contributed by atoms with Gasteiger partial charge in [0.15, 0.2) is 0 Å². The molecule has 15 heavy (non-hydrogen) atoms. The number of hydrogen-bond acceptors (Lipinski definition) is 0. The molecule has 0 heteroatoms. The molecule has 0 nitrogen and oxygen atoms in total. The predicted molar refractivity (Wildman–Crippen MR) is 63.8 cm³/mol. The monoisotopic (exact) mass is 198 g/mol. The van der Waals surface area contributed by atoms with Crippen molar-refractivity contribution in [2.45, 2.75) is 38.0 Å². The summed E-state index contributed by atoms with van der Waals surface area (Å²) in [6.07, 6.45) is 9.43. The molecule has 0 spiro atoms. The molecule has 2 aliphatic carbocycles. The molecule has 0 bridgehead atoms. The van der Waals surface area contributed by atoms with Gasteiger partial charge in [-0.2, -0.15) is 0 Å². The van der Waals surface area contributed by atoms with Crippen LogP contribution in [-0.2, 0) is 0 Å². The van der Waals surface area contributed by atoms with Crippen molar-refractivity contribution in [3.8, 4) is 0 Å². The van der Waals surface area contributed by atoms with Gasteiger partial charge in [0.05, 0.1) is 0 Å². The summed E-state index contributed by atoms with van der Waals surface area (Å²) in [4.78, 5) is 0. The van der Waals surface area contributed by atoms with Crippen molar-refractivity contribution in [1.29, 1.82) is 0 Å². The second-order valence-electron chi connectivity index (χ2n) is 4.88. The lowest BCUT2D eigenvalue weighted by molar-refractivity contribution is 0.664. The van der Waals surface area contributed by atoms with Crippen LogP contribution in [0.1, 0.15) is 43.6 Å². The Morgan fingerprint density at radius 3 is 2.53 bits per heavy atom. The maximum absolute atomic E-state index is 2.51. The zero-order valence-electron chi connectivity index (χ0n) is 9.15. The molecule has 1 aromatic rings. The molecule has 1 aromatic carbocycles. The number of allylic oxidation sites excluding steroid dienone is 2. The van der Waals surface area contributed by atoms with Crippen molar-refractivity contribution < 1.29 is 0 Å². The Labute approximate surface area is 92.0 Å². The van der Waals surface area contributed by atoms with E-state index in [9.17, 15) is 0 Å². The van der Waals surface area contributed by atoms with Crippen molar-refractivity contribution in [1.82, 2.24) is 0 Å². The number of hydrogen-bond donors (Lipinski definition) is 0. The van der Waals surface area contributed by atoms with Gasteiger partial charge in [-0.05, 0) is 49.5 Å². The van der Waals surface area contributed by atoms with E-state index in [1.807, 2.05) is 0 Å². The summed E-state index contributed by atoms with van der Waals surface area (Å²) < 4.78 is 0. The van der Waals surface area contributed by atoms with E-state index < -0.39 is 0 Å². The van der Waals surface area contributed by atoms with Gasteiger partial charge in [0, 0.05) is 0 Å². The first-order chi connectivity index (χ1) is 7.45. The van der Waals surface area contributed by atoms with Gasteiger partial charge in [0.25, 0.3) is 0 Å². The summed E-state index contributed by atoms with van der Waals surface area (Å²) in [5.74, 6) is 1.74. The Bertz CT molecular complexity index is 361. The Balaban J connectivity index is 1.71. The minimum absolute atomic E-state index is 0.843.